The van der Waals surface area contributed by atoms with Crippen molar-refractivity contribution in [1.82, 2.24) is 0 Å². The Morgan fingerprint density at radius 2 is 1.64 bits per heavy atom. The molecule has 0 saturated heterocycles. The number of methoxy groups -OCH3 is 1. The Labute approximate surface area is 211 Å². The highest BCUT2D eigenvalue weighted by Crippen LogP contribution is 2.31. The van der Waals surface area contributed by atoms with Crippen molar-refractivity contribution in [3.8, 4) is 17.2 Å². The first-order valence-corrected chi connectivity index (χ1v) is 10.9. The van der Waals surface area contributed by atoms with Crippen LogP contribution in [-0.2, 0) is 4.79 Å². The zero-order valence-electron chi connectivity index (χ0n) is 19.5. The molecule has 0 unspecified atom stereocenters. The largest absolute Gasteiger partial charge is 0.493 e. The van der Waals surface area contributed by atoms with Gasteiger partial charge in [0.2, 0.25) is 0 Å². The molecule has 11 heteroatoms. The second-order valence-corrected chi connectivity index (χ2v) is 8.01. The van der Waals surface area contributed by atoms with Gasteiger partial charge in [0, 0.05) is 11.1 Å². The van der Waals surface area contributed by atoms with Crippen molar-refractivity contribution in [2.45, 2.75) is 13.8 Å². The monoisotopic (exact) mass is 512 g/mol. The fraction of sp³-hybridized carbons (Fsp3) is 0.160. The third kappa shape index (κ3) is 6.36. The Morgan fingerprint density at radius 1 is 0.944 bits per heavy atom. The number of hydrogen-bond acceptors (Lipinski definition) is 8. The van der Waals surface area contributed by atoms with Crippen LogP contribution in [0.25, 0.3) is 12.2 Å². The summed E-state index contributed by atoms with van der Waals surface area (Å²) in [5.74, 6) is 0.248. The maximum atomic E-state index is 12.3. The van der Waals surface area contributed by atoms with Gasteiger partial charge >= 0.3 is 5.97 Å². The summed E-state index contributed by atoms with van der Waals surface area (Å²) in [6.45, 7) is 3.33. The van der Waals surface area contributed by atoms with E-state index in [1.165, 1.54) is 31.4 Å². The number of carbonyl (C=O) groups excluding carboxylic acids is 1. The molecule has 0 atom stereocenters. The minimum atomic E-state index is -0.700. The molecule has 0 heterocycles. The minimum absolute atomic E-state index is 0.160. The molecular weight excluding hydrogens is 492 g/mol. The van der Waals surface area contributed by atoms with E-state index in [4.69, 9.17) is 25.8 Å². The summed E-state index contributed by atoms with van der Waals surface area (Å²) < 4.78 is 16.2. The number of non-ortho nitro benzene ring substituents is 1. The zero-order valence-corrected chi connectivity index (χ0v) is 20.3. The van der Waals surface area contributed by atoms with E-state index >= 15 is 0 Å². The van der Waals surface area contributed by atoms with E-state index in [0.717, 1.165) is 17.2 Å². The maximum absolute atomic E-state index is 12.3. The molecule has 0 N–H and O–H groups in total. The number of nitrogens with zero attached hydrogens (tertiary/aromatic N) is 2. The van der Waals surface area contributed by atoms with Crippen LogP contribution in [0.15, 0.2) is 48.5 Å². The van der Waals surface area contributed by atoms with Gasteiger partial charge in [-0.15, -0.1) is 0 Å². The number of halogens is 1. The fourth-order valence-corrected chi connectivity index (χ4v) is 3.40. The first kappa shape index (κ1) is 26.2. The number of ether oxygens (including phenoxy) is 3. The zero-order chi connectivity index (χ0) is 26.4. The molecule has 0 fully saturated rings. The molecule has 0 aliphatic rings. The van der Waals surface area contributed by atoms with E-state index in [-0.39, 0.29) is 29.4 Å². The van der Waals surface area contributed by atoms with Crippen LogP contribution in [0.4, 0.5) is 11.4 Å². The van der Waals surface area contributed by atoms with E-state index in [0.29, 0.717) is 16.3 Å². The molecule has 3 rings (SSSR count). The Balaban J connectivity index is 1.72. The summed E-state index contributed by atoms with van der Waals surface area (Å²) in [6.07, 6.45) is 3.02. The highest BCUT2D eigenvalue weighted by atomic mass is 35.5. The Bertz CT molecular complexity index is 1350. The lowest BCUT2D eigenvalue weighted by Gasteiger charge is -2.12. The van der Waals surface area contributed by atoms with Gasteiger partial charge in [-0.2, -0.15) is 0 Å². The van der Waals surface area contributed by atoms with Crippen molar-refractivity contribution in [3.63, 3.8) is 0 Å². The molecule has 0 saturated carbocycles. The van der Waals surface area contributed by atoms with E-state index in [1.807, 2.05) is 13.8 Å². The van der Waals surface area contributed by atoms with E-state index in [1.54, 1.807) is 30.3 Å². The fourth-order valence-electron chi connectivity index (χ4n) is 3.29. The molecule has 186 valence electrons. The molecule has 36 heavy (non-hydrogen) atoms. The third-order valence-electron chi connectivity index (χ3n) is 5.05. The van der Waals surface area contributed by atoms with Crippen LogP contribution in [0.1, 0.15) is 22.3 Å². The molecule has 0 aliphatic heterocycles. The van der Waals surface area contributed by atoms with Gasteiger partial charge in [-0.3, -0.25) is 20.2 Å². The average molecular weight is 513 g/mol. The van der Waals surface area contributed by atoms with E-state index < -0.39 is 21.5 Å². The SMILES string of the molecule is COc1cc(/C=C/c2ccc([N+](=O)[O-])cc2[N+](=O)[O-])ccc1OC(=O)COc1cc(C)c(Cl)c(C)c1. The molecule has 0 spiro atoms. The smallest absolute Gasteiger partial charge is 0.349 e. The Hall–Kier alpha value is -4.44. The lowest BCUT2D eigenvalue weighted by Crippen LogP contribution is -2.18. The molecule has 0 aliphatic carbocycles. The lowest BCUT2D eigenvalue weighted by atomic mass is 10.1. The first-order valence-electron chi connectivity index (χ1n) is 10.5. The minimum Gasteiger partial charge on any atom is -0.493 e. The molecule has 3 aromatic carbocycles. The first-order chi connectivity index (χ1) is 17.1. The highest BCUT2D eigenvalue weighted by molar-refractivity contribution is 6.32. The van der Waals surface area contributed by atoms with Gasteiger partial charge in [0.25, 0.3) is 11.4 Å². The second-order valence-electron chi connectivity index (χ2n) is 7.63. The Kier molecular flexibility index (Phi) is 8.23. The van der Waals surface area contributed by atoms with Gasteiger partial charge in [0.05, 0.1) is 28.6 Å². The van der Waals surface area contributed by atoms with Crippen molar-refractivity contribution < 1.29 is 28.9 Å². The topological polar surface area (TPSA) is 131 Å². The molecular formula is C25H21ClN2O8. The van der Waals surface area contributed by atoms with Crippen LogP contribution in [0.5, 0.6) is 17.2 Å². The summed E-state index contributed by atoms with van der Waals surface area (Å²) in [6, 6.07) is 11.5. The number of rotatable bonds is 9. The van der Waals surface area contributed by atoms with Crippen molar-refractivity contribution in [3.05, 3.63) is 96.0 Å². The quantitative estimate of drug-likeness (QED) is 0.113. The predicted octanol–water partition coefficient (Wildman–Crippen LogP) is 5.94. The van der Waals surface area contributed by atoms with Crippen LogP contribution < -0.4 is 14.2 Å². The molecule has 0 radical (unpaired) electrons. The molecule has 0 aromatic heterocycles. The van der Waals surface area contributed by atoms with Crippen molar-refractivity contribution >= 4 is 41.1 Å². The third-order valence-corrected chi connectivity index (χ3v) is 5.65. The standard InChI is InChI=1S/C25H21ClN2O8/c1-15-10-20(11-16(2)25(15)26)35-14-24(29)36-22-9-5-17(12-23(22)34-3)4-6-18-7-8-19(27(30)31)13-21(18)28(32)33/h4-13H,14H2,1-3H3/b6-4+. The summed E-state index contributed by atoms with van der Waals surface area (Å²) in [4.78, 5) is 33.1. The number of esters is 1. The van der Waals surface area contributed by atoms with Crippen molar-refractivity contribution in [2.24, 2.45) is 0 Å². The maximum Gasteiger partial charge on any atom is 0.349 e. The van der Waals surface area contributed by atoms with Crippen LogP contribution in [0.2, 0.25) is 5.02 Å². The van der Waals surface area contributed by atoms with Gasteiger partial charge in [-0.1, -0.05) is 23.7 Å². The summed E-state index contributed by atoms with van der Waals surface area (Å²) in [5, 5.41) is 22.8. The van der Waals surface area contributed by atoms with Gasteiger partial charge in [-0.05, 0) is 66.9 Å². The van der Waals surface area contributed by atoms with Crippen LogP contribution >= 0.6 is 11.6 Å². The average Bonchev–Trinajstić information content (AvgIpc) is 2.84. The van der Waals surface area contributed by atoms with Crippen LogP contribution in [0.3, 0.4) is 0 Å². The van der Waals surface area contributed by atoms with E-state index in [9.17, 15) is 25.0 Å². The second kappa shape index (κ2) is 11.3. The van der Waals surface area contributed by atoms with Gasteiger partial charge in [0.1, 0.15) is 5.75 Å². The van der Waals surface area contributed by atoms with Gasteiger partial charge < -0.3 is 14.2 Å². The summed E-state index contributed by atoms with van der Waals surface area (Å²) >= 11 is 6.14. The highest BCUT2D eigenvalue weighted by Gasteiger charge is 2.18. The summed E-state index contributed by atoms with van der Waals surface area (Å²) in [7, 11) is 1.40. The van der Waals surface area contributed by atoms with Crippen molar-refractivity contribution in [2.75, 3.05) is 13.7 Å². The number of aryl methyl sites for hydroxylation is 2. The predicted molar refractivity (Wildman–Crippen MR) is 134 cm³/mol. The van der Waals surface area contributed by atoms with Crippen molar-refractivity contribution in [1.29, 1.82) is 0 Å². The van der Waals surface area contributed by atoms with Crippen LogP contribution in [0, 0.1) is 34.1 Å². The molecule has 0 bridgehead atoms. The van der Waals surface area contributed by atoms with Gasteiger partial charge in [0.15, 0.2) is 18.1 Å². The van der Waals surface area contributed by atoms with Gasteiger partial charge in [-0.25, -0.2) is 4.79 Å². The number of nitro groups is 2. The molecule has 3 aromatic rings. The van der Waals surface area contributed by atoms with Crippen LogP contribution in [-0.4, -0.2) is 29.5 Å². The van der Waals surface area contributed by atoms with E-state index in [2.05, 4.69) is 0 Å². The molecule has 0 amide bonds. The normalized spacial score (nSPS) is 10.8. The number of benzene rings is 3. The number of nitro benzene ring substituents is 2. The summed E-state index contributed by atoms with van der Waals surface area (Å²) in [5.41, 5.74) is 1.64. The molecule has 10 nitrogen and oxygen atoms in total. The number of hydrogen-bond donors (Lipinski definition) is 0. The lowest BCUT2D eigenvalue weighted by molar-refractivity contribution is -0.394. The Morgan fingerprint density at radius 3 is 2.25 bits per heavy atom. The number of carbonyl (C=O) groups is 1.